The van der Waals surface area contributed by atoms with Crippen LogP contribution in [0.25, 0.3) is 0 Å². The lowest BCUT2D eigenvalue weighted by atomic mass is 10.0. The number of ether oxygens (including phenoxy) is 1. The van der Waals surface area contributed by atoms with E-state index in [4.69, 9.17) is 10.5 Å². The van der Waals surface area contributed by atoms with Gasteiger partial charge in [-0.2, -0.15) is 13.2 Å². The van der Waals surface area contributed by atoms with Crippen molar-refractivity contribution < 1.29 is 32.2 Å². The fourth-order valence-electron chi connectivity index (χ4n) is 3.44. The van der Waals surface area contributed by atoms with E-state index in [2.05, 4.69) is 0 Å². The largest absolute Gasteiger partial charge is 0.480 e. The van der Waals surface area contributed by atoms with Gasteiger partial charge in [0.25, 0.3) is 0 Å². The maximum atomic E-state index is 14.1. The number of nitrogen functional groups attached to an aromatic ring is 1. The topological polar surface area (TPSA) is 75.8 Å². The quantitative estimate of drug-likeness (QED) is 0.351. The molecule has 3 N–H and O–H groups in total. The molecular formula is C24H22F4N2O3. The Labute approximate surface area is 188 Å². The van der Waals surface area contributed by atoms with Gasteiger partial charge in [-0.15, -0.1) is 0 Å². The summed E-state index contributed by atoms with van der Waals surface area (Å²) < 4.78 is 60.9. The van der Waals surface area contributed by atoms with E-state index in [9.17, 15) is 27.5 Å². The minimum atomic E-state index is -5.06. The average molecular weight is 462 g/mol. The zero-order valence-electron chi connectivity index (χ0n) is 17.4. The molecule has 0 bridgehead atoms. The second kappa shape index (κ2) is 10.4. The van der Waals surface area contributed by atoms with Crippen molar-refractivity contribution in [3.63, 3.8) is 0 Å². The molecule has 3 aromatic rings. The number of nitrogens with zero attached hydrogens (tertiary/aromatic N) is 1. The molecule has 9 heteroatoms. The summed E-state index contributed by atoms with van der Waals surface area (Å²) in [6.07, 6.45) is -7.83. The number of halogens is 4. The van der Waals surface area contributed by atoms with Gasteiger partial charge in [-0.3, -0.25) is 9.69 Å². The minimum Gasteiger partial charge on any atom is -0.480 e. The second-order valence-corrected chi connectivity index (χ2v) is 7.42. The summed E-state index contributed by atoms with van der Waals surface area (Å²) in [5.41, 5.74) is 6.50. The van der Waals surface area contributed by atoms with Crippen molar-refractivity contribution in [1.29, 1.82) is 0 Å². The number of carbonyl (C=O) groups is 1. The van der Waals surface area contributed by atoms with E-state index in [0.29, 0.717) is 11.1 Å². The molecule has 3 rings (SSSR count). The number of rotatable bonds is 9. The van der Waals surface area contributed by atoms with Crippen molar-refractivity contribution in [3.05, 3.63) is 95.8 Å². The van der Waals surface area contributed by atoms with Crippen LogP contribution in [-0.2, 0) is 17.9 Å². The first-order valence-electron chi connectivity index (χ1n) is 9.98. The van der Waals surface area contributed by atoms with Crippen molar-refractivity contribution >= 4 is 11.7 Å². The Bertz CT molecular complexity index is 1020. The van der Waals surface area contributed by atoms with Crippen LogP contribution in [0.5, 0.6) is 5.75 Å². The molecule has 0 spiro atoms. The molecule has 174 valence electrons. The van der Waals surface area contributed by atoms with Crippen LogP contribution < -0.4 is 10.5 Å². The first kappa shape index (κ1) is 24.1. The highest BCUT2D eigenvalue weighted by atomic mass is 19.4. The van der Waals surface area contributed by atoms with Crippen molar-refractivity contribution in [1.82, 2.24) is 4.90 Å². The summed E-state index contributed by atoms with van der Waals surface area (Å²) in [4.78, 5) is 13.4. The Morgan fingerprint density at radius 2 is 1.45 bits per heavy atom. The Hall–Kier alpha value is -3.59. The van der Waals surface area contributed by atoms with Gasteiger partial charge in [-0.05, 0) is 23.3 Å². The Morgan fingerprint density at radius 3 is 1.88 bits per heavy atom. The third-order valence-corrected chi connectivity index (χ3v) is 4.94. The third-order valence-electron chi connectivity index (χ3n) is 4.94. The van der Waals surface area contributed by atoms with Gasteiger partial charge >= 0.3 is 12.1 Å². The summed E-state index contributed by atoms with van der Waals surface area (Å²) in [6, 6.07) is 17.6. The number of nitrogens with two attached hydrogens (primary N) is 1. The molecular weight excluding hydrogens is 440 g/mol. The molecule has 0 aromatic heterocycles. The summed E-state index contributed by atoms with van der Waals surface area (Å²) in [5.74, 6) is -2.93. The molecule has 2 atom stereocenters. The van der Waals surface area contributed by atoms with Crippen molar-refractivity contribution in [3.8, 4) is 5.75 Å². The van der Waals surface area contributed by atoms with E-state index < -0.39 is 35.9 Å². The number of carboxylic acid groups (broad SMARTS) is 1. The summed E-state index contributed by atoms with van der Waals surface area (Å²) in [7, 11) is 0. The van der Waals surface area contributed by atoms with Crippen LogP contribution in [0, 0.1) is 5.82 Å². The molecule has 0 aliphatic heterocycles. The fourth-order valence-corrected chi connectivity index (χ4v) is 3.44. The van der Waals surface area contributed by atoms with E-state index in [1.807, 2.05) is 0 Å². The predicted molar refractivity (Wildman–Crippen MR) is 115 cm³/mol. The highest BCUT2D eigenvalue weighted by molar-refractivity contribution is 5.74. The van der Waals surface area contributed by atoms with E-state index >= 15 is 0 Å². The van der Waals surface area contributed by atoms with Crippen molar-refractivity contribution in [2.24, 2.45) is 0 Å². The number of alkyl halides is 3. The lowest BCUT2D eigenvalue weighted by Crippen LogP contribution is -2.56. The number of hydrogen-bond acceptors (Lipinski definition) is 4. The Kier molecular flexibility index (Phi) is 7.55. The van der Waals surface area contributed by atoms with Gasteiger partial charge in [-0.1, -0.05) is 60.7 Å². The zero-order chi connectivity index (χ0) is 24.0. The first-order valence-corrected chi connectivity index (χ1v) is 9.98. The lowest BCUT2D eigenvalue weighted by Gasteiger charge is -2.35. The number of carboxylic acids is 1. The monoisotopic (exact) mass is 462 g/mol. The molecule has 0 radical (unpaired) electrons. The van der Waals surface area contributed by atoms with Gasteiger partial charge in [0.05, 0.1) is 5.69 Å². The van der Waals surface area contributed by atoms with Gasteiger partial charge in [0, 0.05) is 19.2 Å². The summed E-state index contributed by atoms with van der Waals surface area (Å²) >= 11 is 0. The average Bonchev–Trinajstić information content (AvgIpc) is 2.75. The van der Waals surface area contributed by atoms with Crippen LogP contribution in [0.4, 0.5) is 23.2 Å². The standard InChI is InChI=1S/C24H22F4N2O3/c25-18-11-12-20(19(29)13-18)33-22(24(26,27)28)21(23(31)32)30(14-16-7-3-1-4-8-16)15-17-9-5-2-6-10-17/h1-13,21-22H,14-15,29H2,(H,31,32). The van der Waals surface area contributed by atoms with Crippen LogP contribution >= 0.6 is 0 Å². The van der Waals surface area contributed by atoms with E-state index in [-0.39, 0.29) is 18.8 Å². The molecule has 33 heavy (non-hydrogen) atoms. The number of anilines is 1. The van der Waals surface area contributed by atoms with Crippen LogP contribution in [0.15, 0.2) is 78.9 Å². The lowest BCUT2D eigenvalue weighted by molar-refractivity contribution is -0.218. The van der Waals surface area contributed by atoms with E-state index in [1.165, 1.54) is 4.90 Å². The molecule has 0 amide bonds. The minimum absolute atomic E-state index is 0.0818. The maximum Gasteiger partial charge on any atom is 0.427 e. The SMILES string of the molecule is Nc1cc(F)ccc1OC(C(C(=O)O)N(Cc1ccccc1)Cc1ccccc1)C(F)(F)F. The van der Waals surface area contributed by atoms with Crippen molar-refractivity contribution in [2.75, 3.05) is 5.73 Å². The molecule has 0 saturated heterocycles. The fraction of sp³-hybridized carbons (Fsp3) is 0.208. The first-order chi connectivity index (χ1) is 15.6. The predicted octanol–water partition coefficient (Wildman–Crippen LogP) is 4.87. The smallest absolute Gasteiger partial charge is 0.427 e. The highest BCUT2D eigenvalue weighted by Crippen LogP contribution is 2.33. The maximum absolute atomic E-state index is 14.1. The Balaban J connectivity index is 2.03. The van der Waals surface area contributed by atoms with Crippen molar-refractivity contribution in [2.45, 2.75) is 31.4 Å². The third kappa shape index (κ3) is 6.45. The molecule has 0 aliphatic carbocycles. The van der Waals surface area contributed by atoms with Gasteiger partial charge < -0.3 is 15.6 Å². The van der Waals surface area contributed by atoms with Crippen LogP contribution in [0.1, 0.15) is 11.1 Å². The van der Waals surface area contributed by atoms with Gasteiger partial charge in [0.1, 0.15) is 11.6 Å². The van der Waals surface area contributed by atoms with Crippen LogP contribution in [0.3, 0.4) is 0 Å². The normalized spacial score (nSPS) is 13.5. The number of benzene rings is 3. The molecule has 0 aliphatic rings. The van der Waals surface area contributed by atoms with Gasteiger partial charge in [0.15, 0.2) is 6.04 Å². The number of aliphatic carboxylic acids is 1. The number of hydrogen-bond donors (Lipinski definition) is 2. The van der Waals surface area contributed by atoms with Gasteiger partial charge in [-0.25, -0.2) is 4.39 Å². The highest BCUT2D eigenvalue weighted by Gasteiger charge is 2.52. The van der Waals surface area contributed by atoms with Crippen LogP contribution in [0.2, 0.25) is 0 Å². The van der Waals surface area contributed by atoms with E-state index in [1.54, 1.807) is 60.7 Å². The van der Waals surface area contributed by atoms with Gasteiger partial charge in [0.2, 0.25) is 6.10 Å². The molecule has 2 unspecified atom stereocenters. The molecule has 3 aromatic carbocycles. The van der Waals surface area contributed by atoms with Crippen LogP contribution in [-0.4, -0.2) is 34.3 Å². The molecule has 0 saturated carbocycles. The zero-order valence-corrected chi connectivity index (χ0v) is 17.4. The summed E-state index contributed by atoms with van der Waals surface area (Å²) in [5, 5.41) is 9.91. The summed E-state index contributed by atoms with van der Waals surface area (Å²) in [6.45, 7) is -0.164. The second-order valence-electron chi connectivity index (χ2n) is 7.42. The molecule has 5 nitrogen and oxygen atoms in total. The molecule has 0 heterocycles. The molecule has 0 fully saturated rings. The van der Waals surface area contributed by atoms with E-state index in [0.717, 1.165) is 18.2 Å². The Morgan fingerprint density at radius 1 is 0.939 bits per heavy atom.